The van der Waals surface area contributed by atoms with Crippen molar-refractivity contribution in [2.24, 2.45) is 0 Å². The van der Waals surface area contributed by atoms with Crippen LogP contribution in [0.5, 0.6) is 0 Å². The monoisotopic (exact) mass is 284 g/mol. The molecule has 3 nitrogen and oxygen atoms in total. The zero-order chi connectivity index (χ0) is 12.3. The first kappa shape index (κ1) is 12.9. The Hall–Kier alpha value is -1.16. The SMILES string of the molecule is COC(=O)c1ccc(C)cc1C(Br)C(C)=O. The minimum absolute atomic E-state index is 0.0456. The maximum absolute atomic E-state index is 11.5. The molecule has 0 aromatic heterocycles. The number of esters is 1. The molecule has 86 valence electrons. The molecular weight excluding hydrogens is 272 g/mol. The Morgan fingerprint density at radius 2 is 2.00 bits per heavy atom. The highest BCUT2D eigenvalue weighted by atomic mass is 79.9. The Morgan fingerprint density at radius 1 is 1.38 bits per heavy atom. The molecule has 0 fully saturated rings. The Bertz CT molecular complexity index is 426. The summed E-state index contributed by atoms with van der Waals surface area (Å²) < 4.78 is 4.68. The van der Waals surface area contributed by atoms with Gasteiger partial charge >= 0.3 is 5.97 Å². The average Bonchev–Trinajstić information content (AvgIpc) is 2.26. The molecule has 1 aromatic carbocycles. The number of Topliss-reactive ketones (excluding diaryl/α,β-unsaturated/α-hetero) is 1. The van der Waals surface area contributed by atoms with Crippen molar-refractivity contribution in [3.63, 3.8) is 0 Å². The molecule has 1 unspecified atom stereocenters. The molecule has 0 N–H and O–H groups in total. The molecule has 0 saturated heterocycles. The molecule has 0 aliphatic carbocycles. The van der Waals surface area contributed by atoms with Crippen molar-refractivity contribution in [1.29, 1.82) is 0 Å². The van der Waals surface area contributed by atoms with E-state index in [1.165, 1.54) is 14.0 Å². The maximum atomic E-state index is 11.5. The molecule has 0 heterocycles. The fourth-order valence-electron chi connectivity index (χ4n) is 1.41. The van der Waals surface area contributed by atoms with Gasteiger partial charge in [-0.3, -0.25) is 4.79 Å². The Kier molecular flexibility index (Phi) is 4.24. The van der Waals surface area contributed by atoms with Crippen LogP contribution >= 0.6 is 15.9 Å². The quantitative estimate of drug-likeness (QED) is 0.633. The van der Waals surface area contributed by atoms with Crippen LogP contribution in [0.3, 0.4) is 0 Å². The minimum atomic E-state index is -0.471. The van der Waals surface area contributed by atoms with Crippen molar-refractivity contribution < 1.29 is 14.3 Å². The minimum Gasteiger partial charge on any atom is -0.465 e. The van der Waals surface area contributed by atoms with E-state index in [1.807, 2.05) is 19.1 Å². The molecule has 0 radical (unpaired) electrons. The summed E-state index contributed by atoms with van der Waals surface area (Å²) in [5.74, 6) is -0.476. The van der Waals surface area contributed by atoms with Crippen molar-refractivity contribution >= 4 is 27.7 Å². The van der Waals surface area contributed by atoms with E-state index in [2.05, 4.69) is 20.7 Å². The highest BCUT2D eigenvalue weighted by Crippen LogP contribution is 2.28. The number of methoxy groups -OCH3 is 1. The number of hydrogen-bond donors (Lipinski definition) is 0. The third-order valence-corrected chi connectivity index (χ3v) is 3.38. The molecule has 16 heavy (non-hydrogen) atoms. The second kappa shape index (κ2) is 5.25. The van der Waals surface area contributed by atoms with Gasteiger partial charge in [0.1, 0.15) is 5.78 Å². The second-order valence-electron chi connectivity index (χ2n) is 3.56. The fraction of sp³-hybridized carbons (Fsp3) is 0.333. The predicted molar refractivity (Wildman–Crippen MR) is 64.9 cm³/mol. The summed E-state index contributed by atoms with van der Waals surface area (Å²) in [7, 11) is 1.32. The first-order valence-electron chi connectivity index (χ1n) is 4.80. The van der Waals surface area contributed by atoms with Crippen molar-refractivity contribution in [2.45, 2.75) is 18.7 Å². The summed E-state index contributed by atoms with van der Waals surface area (Å²) in [6, 6.07) is 5.30. The van der Waals surface area contributed by atoms with Gasteiger partial charge in [0.25, 0.3) is 0 Å². The van der Waals surface area contributed by atoms with Crippen LogP contribution in [0.2, 0.25) is 0 Å². The van der Waals surface area contributed by atoms with Crippen LogP contribution in [-0.2, 0) is 9.53 Å². The summed E-state index contributed by atoms with van der Waals surface area (Å²) in [6.45, 7) is 3.38. The van der Waals surface area contributed by atoms with Gasteiger partial charge in [0.2, 0.25) is 0 Å². The zero-order valence-corrected chi connectivity index (χ0v) is 11.0. The Morgan fingerprint density at radius 3 is 2.50 bits per heavy atom. The van der Waals surface area contributed by atoms with Gasteiger partial charge in [0, 0.05) is 0 Å². The second-order valence-corrected chi connectivity index (χ2v) is 4.47. The summed E-state index contributed by atoms with van der Waals surface area (Å²) in [4.78, 5) is 22.4. The maximum Gasteiger partial charge on any atom is 0.338 e. The standard InChI is InChI=1S/C12H13BrO3/c1-7-4-5-9(12(15)16-3)10(6-7)11(13)8(2)14/h4-6,11H,1-3H3. The third-order valence-electron chi connectivity index (χ3n) is 2.24. The molecule has 0 amide bonds. The number of carbonyl (C=O) groups is 2. The van der Waals surface area contributed by atoms with Gasteiger partial charge in [-0.2, -0.15) is 0 Å². The highest BCUT2D eigenvalue weighted by molar-refractivity contribution is 9.09. The van der Waals surface area contributed by atoms with Crippen molar-refractivity contribution in [1.82, 2.24) is 0 Å². The largest absolute Gasteiger partial charge is 0.465 e. The fourth-order valence-corrected chi connectivity index (χ4v) is 1.79. The lowest BCUT2D eigenvalue weighted by molar-refractivity contribution is -0.116. The van der Waals surface area contributed by atoms with Gasteiger partial charge in [0.15, 0.2) is 0 Å². The van der Waals surface area contributed by atoms with E-state index < -0.39 is 10.8 Å². The molecule has 1 atom stereocenters. The highest BCUT2D eigenvalue weighted by Gasteiger charge is 2.20. The number of benzene rings is 1. The molecule has 0 aliphatic rings. The van der Waals surface area contributed by atoms with Crippen LogP contribution in [0.25, 0.3) is 0 Å². The Labute approximate surface area is 103 Å². The lowest BCUT2D eigenvalue weighted by atomic mass is 10.00. The van der Waals surface area contributed by atoms with Crippen LogP contribution in [0.1, 0.15) is 33.2 Å². The van der Waals surface area contributed by atoms with E-state index >= 15 is 0 Å². The molecule has 1 aromatic rings. The summed E-state index contributed by atoms with van der Waals surface area (Å²) in [5, 5.41) is 0. The molecule has 0 spiro atoms. The topological polar surface area (TPSA) is 43.4 Å². The van der Waals surface area contributed by atoms with E-state index in [1.54, 1.807) is 6.07 Å². The smallest absolute Gasteiger partial charge is 0.338 e. The third kappa shape index (κ3) is 2.70. The van der Waals surface area contributed by atoms with E-state index in [0.29, 0.717) is 11.1 Å². The van der Waals surface area contributed by atoms with E-state index in [0.717, 1.165) is 5.56 Å². The average molecular weight is 285 g/mol. The van der Waals surface area contributed by atoms with Crippen molar-refractivity contribution in [2.75, 3.05) is 7.11 Å². The lowest BCUT2D eigenvalue weighted by Crippen LogP contribution is -2.10. The zero-order valence-electron chi connectivity index (χ0n) is 9.41. The normalized spacial score (nSPS) is 12.0. The van der Waals surface area contributed by atoms with Gasteiger partial charge < -0.3 is 4.74 Å². The van der Waals surface area contributed by atoms with Crippen LogP contribution in [0.15, 0.2) is 18.2 Å². The van der Waals surface area contributed by atoms with Gasteiger partial charge in [0.05, 0.1) is 17.5 Å². The number of carbonyl (C=O) groups excluding carboxylic acids is 2. The van der Waals surface area contributed by atoms with Gasteiger partial charge in [-0.15, -0.1) is 0 Å². The van der Waals surface area contributed by atoms with Gasteiger partial charge in [-0.1, -0.05) is 33.6 Å². The predicted octanol–water partition coefficient (Wildman–Crippen LogP) is 2.81. The van der Waals surface area contributed by atoms with Crippen LogP contribution in [0.4, 0.5) is 0 Å². The number of ketones is 1. The molecule has 4 heteroatoms. The van der Waals surface area contributed by atoms with E-state index in [4.69, 9.17) is 0 Å². The molecule has 1 rings (SSSR count). The van der Waals surface area contributed by atoms with Gasteiger partial charge in [-0.25, -0.2) is 4.79 Å². The van der Waals surface area contributed by atoms with E-state index in [9.17, 15) is 9.59 Å². The molecule has 0 bridgehead atoms. The summed E-state index contributed by atoms with van der Waals surface area (Å²) in [6.07, 6.45) is 0. The summed E-state index contributed by atoms with van der Waals surface area (Å²) in [5.41, 5.74) is 2.07. The lowest BCUT2D eigenvalue weighted by Gasteiger charge is -2.12. The molecular formula is C12H13BrO3. The Balaban J connectivity index is 3.28. The van der Waals surface area contributed by atoms with Crippen molar-refractivity contribution in [3.8, 4) is 0 Å². The van der Waals surface area contributed by atoms with Crippen LogP contribution in [0, 0.1) is 6.92 Å². The number of ether oxygens (including phenoxy) is 1. The van der Waals surface area contributed by atoms with Crippen molar-refractivity contribution in [3.05, 3.63) is 34.9 Å². The molecule has 0 aliphatic heterocycles. The first-order valence-corrected chi connectivity index (χ1v) is 5.72. The number of aryl methyl sites for hydroxylation is 1. The number of alkyl halides is 1. The number of rotatable bonds is 3. The van der Waals surface area contributed by atoms with Gasteiger partial charge in [-0.05, 0) is 25.5 Å². The molecule has 0 saturated carbocycles. The number of hydrogen-bond acceptors (Lipinski definition) is 3. The summed E-state index contributed by atoms with van der Waals surface area (Å²) >= 11 is 3.28. The van der Waals surface area contributed by atoms with Crippen LogP contribution in [-0.4, -0.2) is 18.9 Å². The van der Waals surface area contributed by atoms with E-state index in [-0.39, 0.29) is 5.78 Å². The first-order chi connectivity index (χ1) is 7.47. The van der Waals surface area contributed by atoms with Crippen LogP contribution < -0.4 is 0 Å². The number of halogens is 1.